The lowest BCUT2D eigenvalue weighted by Crippen LogP contribution is -2.49. The van der Waals surface area contributed by atoms with Crippen LogP contribution in [0.15, 0.2) is 0 Å². The summed E-state index contributed by atoms with van der Waals surface area (Å²) in [6, 6.07) is -0.473. The predicted molar refractivity (Wildman–Crippen MR) is 57.2 cm³/mol. The molecule has 0 aromatic heterocycles. The third-order valence-corrected chi connectivity index (χ3v) is 2.86. The number of hydrogen-bond acceptors (Lipinski definition) is 2. The van der Waals surface area contributed by atoms with Crippen molar-refractivity contribution >= 4 is 11.9 Å². The summed E-state index contributed by atoms with van der Waals surface area (Å²) < 4.78 is 0. The smallest absolute Gasteiger partial charge is 0.320 e. The molecule has 0 radical (unpaired) electrons. The molecule has 0 spiro atoms. The Balaban J connectivity index is 2.69. The number of hydrogen-bond donors (Lipinski definition) is 1. The molecule has 1 atom stereocenters. The second-order valence-corrected chi connectivity index (χ2v) is 3.71. The first-order chi connectivity index (χ1) is 7.11. The van der Waals surface area contributed by atoms with Crippen LogP contribution in [0.2, 0.25) is 0 Å². The molecule has 86 valence electrons. The van der Waals surface area contributed by atoms with Crippen molar-refractivity contribution < 1.29 is 9.59 Å². The zero-order valence-electron chi connectivity index (χ0n) is 9.40. The Morgan fingerprint density at radius 1 is 1.40 bits per heavy atom. The lowest BCUT2D eigenvalue weighted by atomic mass is 10.2. The maximum atomic E-state index is 12.0. The number of carbonyl (C=O) groups excluding carboxylic acids is 2. The molecule has 1 fully saturated rings. The van der Waals surface area contributed by atoms with Gasteiger partial charge in [0.15, 0.2) is 0 Å². The van der Waals surface area contributed by atoms with E-state index in [1.807, 2.05) is 13.8 Å². The Morgan fingerprint density at radius 3 is 2.47 bits per heavy atom. The highest BCUT2D eigenvalue weighted by atomic mass is 16.2. The van der Waals surface area contributed by atoms with Gasteiger partial charge in [-0.15, -0.1) is 0 Å². The summed E-state index contributed by atoms with van der Waals surface area (Å²) in [5.74, 6) is -0.395. The zero-order valence-corrected chi connectivity index (χ0v) is 9.40. The number of likely N-dealkylation sites (tertiary alicyclic amines) is 1. The molecule has 0 aromatic rings. The fraction of sp³-hybridized carbons (Fsp3) is 0.800. The van der Waals surface area contributed by atoms with Crippen LogP contribution in [-0.2, 0) is 4.79 Å². The van der Waals surface area contributed by atoms with Crippen molar-refractivity contribution in [3.05, 3.63) is 0 Å². The van der Waals surface area contributed by atoms with E-state index in [-0.39, 0.29) is 6.03 Å². The van der Waals surface area contributed by atoms with E-state index in [0.717, 1.165) is 6.42 Å². The van der Waals surface area contributed by atoms with E-state index < -0.39 is 11.9 Å². The molecule has 2 N–H and O–H groups in total. The number of amides is 3. The van der Waals surface area contributed by atoms with E-state index in [2.05, 4.69) is 0 Å². The highest BCUT2D eigenvalue weighted by Crippen LogP contribution is 2.18. The summed E-state index contributed by atoms with van der Waals surface area (Å²) >= 11 is 0. The summed E-state index contributed by atoms with van der Waals surface area (Å²) in [5.41, 5.74) is 5.26. The highest BCUT2D eigenvalue weighted by Gasteiger charge is 2.34. The molecular weight excluding hydrogens is 194 g/mol. The van der Waals surface area contributed by atoms with E-state index in [4.69, 9.17) is 5.73 Å². The molecule has 1 heterocycles. The topological polar surface area (TPSA) is 66.6 Å². The molecule has 1 saturated heterocycles. The van der Waals surface area contributed by atoms with Crippen LogP contribution in [0.5, 0.6) is 0 Å². The quantitative estimate of drug-likeness (QED) is 0.737. The first-order valence-corrected chi connectivity index (χ1v) is 5.46. The molecule has 15 heavy (non-hydrogen) atoms. The Hall–Kier alpha value is -1.26. The molecule has 0 unspecified atom stereocenters. The highest BCUT2D eigenvalue weighted by molar-refractivity contribution is 5.86. The molecule has 5 nitrogen and oxygen atoms in total. The summed E-state index contributed by atoms with van der Waals surface area (Å²) in [5, 5.41) is 0. The second-order valence-electron chi connectivity index (χ2n) is 3.71. The van der Waals surface area contributed by atoms with Gasteiger partial charge in [0.25, 0.3) is 0 Å². The molecule has 1 aliphatic rings. The summed E-state index contributed by atoms with van der Waals surface area (Å²) in [6.07, 6.45) is 1.56. The van der Waals surface area contributed by atoms with E-state index in [1.165, 1.54) is 0 Å². The summed E-state index contributed by atoms with van der Waals surface area (Å²) in [6.45, 7) is 5.82. The van der Waals surface area contributed by atoms with Crippen molar-refractivity contribution in [3.63, 3.8) is 0 Å². The largest absolute Gasteiger partial charge is 0.368 e. The van der Waals surface area contributed by atoms with Gasteiger partial charge >= 0.3 is 6.03 Å². The van der Waals surface area contributed by atoms with Crippen molar-refractivity contribution in [2.24, 2.45) is 5.73 Å². The van der Waals surface area contributed by atoms with Gasteiger partial charge in [0.2, 0.25) is 5.91 Å². The van der Waals surface area contributed by atoms with Crippen molar-refractivity contribution in [2.45, 2.75) is 32.7 Å². The SMILES string of the molecule is CCN(CC)C(=O)N1CCC[C@H]1C(N)=O. The third kappa shape index (κ3) is 2.40. The van der Waals surface area contributed by atoms with Gasteiger partial charge in [-0.1, -0.05) is 0 Å². The van der Waals surface area contributed by atoms with Crippen LogP contribution in [0, 0.1) is 0 Å². The van der Waals surface area contributed by atoms with Gasteiger partial charge in [-0.3, -0.25) is 4.79 Å². The molecule has 5 heteroatoms. The molecule has 0 aromatic carbocycles. The van der Waals surface area contributed by atoms with Crippen LogP contribution in [0.3, 0.4) is 0 Å². The van der Waals surface area contributed by atoms with Crippen LogP contribution in [0.25, 0.3) is 0 Å². The second kappa shape index (κ2) is 5.00. The van der Waals surface area contributed by atoms with Crippen molar-refractivity contribution in [3.8, 4) is 0 Å². The Labute approximate surface area is 90.2 Å². The summed E-state index contributed by atoms with van der Waals surface area (Å²) in [4.78, 5) is 26.4. The van der Waals surface area contributed by atoms with Crippen molar-refractivity contribution in [2.75, 3.05) is 19.6 Å². The van der Waals surface area contributed by atoms with E-state index in [1.54, 1.807) is 9.80 Å². The minimum absolute atomic E-state index is 0.0682. The van der Waals surface area contributed by atoms with Gasteiger partial charge in [0.05, 0.1) is 0 Å². The first kappa shape index (κ1) is 11.8. The molecule has 0 bridgehead atoms. The standard InChI is InChI=1S/C10H19N3O2/c1-3-12(4-2)10(15)13-7-5-6-8(13)9(11)14/h8H,3-7H2,1-2H3,(H2,11,14)/t8-/m0/s1. The average molecular weight is 213 g/mol. The number of carbonyl (C=O) groups is 2. The van der Waals surface area contributed by atoms with Gasteiger partial charge in [-0.05, 0) is 26.7 Å². The monoisotopic (exact) mass is 213 g/mol. The molecular formula is C10H19N3O2. The first-order valence-electron chi connectivity index (χ1n) is 5.46. The number of urea groups is 1. The van der Waals surface area contributed by atoms with E-state index in [0.29, 0.717) is 26.1 Å². The van der Waals surface area contributed by atoms with Crippen LogP contribution >= 0.6 is 0 Å². The Bertz CT molecular complexity index is 251. The van der Waals surface area contributed by atoms with Crippen LogP contribution in [0.4, 0.5) is 4.79 Å². The molecule has 0 saturated carbocycles. The normalized spacial score (nSPS) is 20.4. The Kier molecular flexibility index (Phi) is 3.94. The van der Waals surface area contributed by atoms with Crippen LogP contribution in [0.1, 0.15) is 26.7 Å². The molecule has 0 aliphatic carbocycles. The van der Waals surface area contributed by atoms with Crippen LogP contribution < -0.4 is 5.73 Å². The molecule has 1 aliphatic heterocycles. The third-order valence-electron chi connectivity index (χ3n) is 2.86. The number of rotatable bonds is 3. The maximum Gasteiger partial charge on any atom is 0.320 e. The fourth-order valence-corrected chi connectivity index (χ4v) is 1.97. The minimum atomic E-state index is -0.405. The minimum Gasteiger partial charge on any atom is -0.368 e. The van der Waals surface area contributed by atoms with Gasteiger partial charge in [0.1, 0.15) is 6.04 Å². The lowest BCUT2D eigenvalue weighted by Gasteiger charge is -2.29. The fourth-order valence-electron chi connectivity index (χ4n) is 1.97. The number of nitrogens with two attached hydrogens (primary N) is 1. The van der Waals surface area contributed by atoms with Gasteiger partial charge in [-0.2, -0.15) is 0 Å². The lowest BCUT2D eigenvalue weighted by molar-refractivity contribution is -0.121. The van der Waals surface area contributed by atoms with Crippen LogP contribution in [-0.4, -0.2) is 47.4 Å². The number of nitrogens with zero attached hydrogens (tertiary/aromatic N) is 2. The molecule has 1 rings (SSSR count). The van der Waals surface area contributed by atoms with E-state index in [9.17, 15) is 9.59 Å². The van der Waals surface area contributed by atoms with Crippen molar-refractivity contribution in [1.29, 1.82) is 0 Å². The number of primary amides is 1. The average Bonchev–Trinajstić information content (AvgIpc) is 2.67. The molecule has 3 amide bonds. The maximum absolute atomic E-state index is 12.0. The van der Waals surface area contributed by atoms with Gasteiger partial charge in [0, 0.05) is 19.6 Å². The zero-order chi connectivity index (χ0) is 11.4. The van der Waals surface area contributed by atoms with Gasteiger partial charge < -0.3 is 15.5 Å². The Morgan fingerprint density at radius 2 is 2.00 bits per heavy atom. The predicted octanol–water partition coefficient (Wildman–Crippen LogP) is 0.398. The summed E-state index contributed by atoms with van der Waals surface area (Å²) in [7, 11) is 0. The van der Waals surface area contributed by atoms with E-state index >= 15 is 0 Å². The van der Waals surface area contributed by atoms with Crippen molar-refractivity contribution in [1.82, 2.24) is 9.80 Å². The van der Waals surface area contributed by atoms with Gasteiger partial charge in [-0.25, -0.2) is 4.79 Å².